The molecule has 3 aromatic rings. The molecule has 1 aliphatic heterocycles. The molecule has 1 fully saturated rings. The van der Waals surface area contributed by atoms with Gasteiger partial charge in [-0.1, -0.05) is 64.9 Å². The van der Waals surface area contributed by atoms with Crippen molar-refractivity contribution in [1.82, 2.24) is 20.0 Å². The number of rotatable bonds is 8. The Labute approximate surface area is 245 Å². The average Bonchev–Trinajstić information content (AvgIpc) is 3.58. The van der Waals surface area contributed by atoms with Crippen LogP contribution in [0, 0.1) is 19.8 Å². The third-order valence-electron chi connectivity index (χ3n) is 7.55. The van der Waals surface area contributed by atoms with E-state index in [1.165, 1.54) is 10.6 Å². The van der Waals surface area contributed by atoms with E-state index in [9.17, 15) is 14.4 Å². The second kappa shape index (κ2) is 12.5. The van der Waals surface area contributed by atoms with Crippen LogP contribution >= 0.6 is 0 Å². The van der Waals surface area contributed by atoms with E-state index >= 15 is 0 Å². The van der Waals surface area contributed by atoms with Crippen LogP contribution in [0.25, 0.3) is 6.08 Å². The summed E-state index contributed by atoms with van der Waals surface area (Å²) in [4.78, 5) is 39.3. The summed E-state index contributed by atoms with van der Waals surface area (Å²) in [6.07, 6.45) is 4.89. The van der Waals surface area contributed by atoms with Gasteiger partial charge in [0.15, 0.2) is 5.69 Å². The fourth-order valence-electron chi connectivity index (χ4n) is 5.53. The van der Waals surface area contributed by atoms with Crippen molar-refractivity contribution >= 4 is 29.6 Å². The number of allylic oxidation sites excluding steroid dienone is 1. The number of esters is 2. The molecule has 2 heterocycles. The van der Waals surface area contributed by atoms with E-state index < -0.39 is 11.9 Å². The zero-order valence-corrected chi connectivity index (χ0v) is 24.4. The number of aromatic nitrogens is 3. The van der Waals surface area contributed by atoms with Gasteiger partial charge in [-0.25, -0.2) is 19.3 Å². The minimum Gasteiger partial charge on any atom is -0.461 e. The van der Waals surface area contributed by atoms with E-state index in [-0.39, 0.29) is 49.0 Å². The van der Waals surface area contributed by atoms with Crippen molar-refractivity contribution in [3.8, 4) is 0 Å². The van der Waals surface area contributed by atoms with Crippen LogP contribution < -0.4 is 0 Å². The quantitative estimate of drug-likeness (QED) is 0.348. The van der Waals surface area contributed by atoms with E-state index in [0.29, 0.717) is 0 Å². The topological polar surface area (TPSA) is 116 Å². The molecule has 1 amide bonds. The monoisotopic (exact) mass is 569 g/mol. The number of hydrazone groups is 1. The third-order valence-corrected chi connectivity index (χ3v) is 7.55. The molecular formula is C32H35N5O5. The summed E-state index contributed by atoms with van der Waals surface area (Å²) in [6.45, 7) is 7.19. The number of ether oxygens (including phenoxy) is 2. The molecule has 5 rings (SSSR count). The van der Waals surface area contributed by atoms with Crippen LogP contribution in [-0.2, 0) is 20.8 Å². The normalized spacial score (nSPS) is 18.9. The number of fused-ring (bicyclic) bond motifs is 1. The maximum Gasteiger partial charge on any atom is 0.361 e. The van der Waals surface area contributed by atoms with Crippen molar-refractivity contribution < 1.29 is 23.9 Å². The molecule has 10 nitrogen and oxygen atoms in total. The van der Waals surface area contributed by atoms with E-state index in [1.54, 1.807) is 13.8 Å². The minimum atomic E-state index is -0.810. The van der Waals surface area contributed by atoms with Crippen molar-refractivity contribution in [2.24, 2.45) is 11.0 Å². The average molecular weight is 570 g/mol. The lowest BCUT2D eigenvalue weighted by molar-refractivity contribution is -0.134. The highest BCUT2D eigenvalue weighted by Crippen LogP contribution is 2.44. The van der Waals surface area contributed by atoms with Crippen molar-refractivity contribution in [1.29, 1.82) is 0 Å². The largest absolute Gasteiger partial charge is 0.461 e. The molecule has 1 saturated carbocycles. The molecule has 10 heteroatoms. The molecule has 2 aliphatic rings. The number of aryl methyl sites for hydroxylation is 2. The predicted molar refractivity (Wildman–Crippen MR) is 157 cm³/mol. The molecule has 0 radical (unpaired) electrons. The highest BCUT2D eigenvalue weighted by molar-refractivity contribution is 6.08. The first-order valence-electron chi connectivity index (χ1n) is 14.3. The van der Waals surface area contributed by atoms with Crippen molar-refractivity contribution in [2.45, 2.75) is 59.5 Å². The first-order valence-corrected chi connectivity index (χ1v) is 14.3. The smallest absolute Gasteiger partial charge is 0.361 e. The predicted octanol–water partition coefficient (Wildman–Crippen LogP) is 5.07. The number of hydrogen-bond donors (Lipinski definition) is 0. The lowest BCUT2D eigenvalue weighted by atomic mass is 9.77. The van der Waals surface area contributed by atoms with Gasteiger partial charge >= 0.3 is 11.9 Å². The van der Waals surface area contributed by atoms with Gasteiger partial charge in [-0.3, -0.25) is 4.79 Å². The van der Waals surface area contributed by atoms with Gasteiger partial charge in [0.2, 0.25) is 5.69 Å². The Hall–Kier alpha value is -4.60. The minimum absolute atomic E-state index is 0.0115. The van der Waals surface area contributed by atoms with Crippen LogP contribution in [0.3, 0.4) is 0 Å². The fourth-order valence-corrected chi connectivity index (χ4v) is 5.53. The molecule has 0 bridgehead atoms. The SMILES string of the molecule is CCOC(=O)c1nnn(CC(=O)N2N=C3/C(=C/c4ccc(C)cc4)CCCC3C2c2ccc(C)cc2)c1C(=O)OCC. The summed E-state index contributed by atoms with van der Waals surface area (Å²) in [5, 5.41) is 14.3. The standard InChI is InChI=1S/C32H35N5O5/c1-5-41-31(39)28-30(32(40)42-6-2)36(35-33-28)19-26(38)37-29(23-16-12-21(4)13-17-23)25-9-7-8-24(27(25)34-37)18-22-14-10-20(3)11-15-22/h10-18,25,29H,5-9,19H2,1-4H3/b24-18+. The van der Waals surface area contributed by atoms with Crippen LogP contribution in [-0.4, -0.2) is 56.8 Å². The van der Waals surface area contributed by atoms with E-state index in [4.69, 9.17) is 14.6 Å². The highest BCUT2D eigenvalue weighted by Gasteiger charge is 2.44. The Morgan fingerprint density at radius 2 is 1.57 bits per heavy atom. The molecule has 42 heavy (non-hydrogen) atoms. The van der Waals surface area contributed by atoms with E-state index in [0.717, 1.165) is 51.9 Å². The molecular weight excluding hydrogens is 534 g/mol. The molecule has 1 aromatic heterocycles. The Kier molecular flexibility index (Phi) is 8.61. The number of carbonyl (C=O) groups is 3. The lowest BCUT2D eigenvalue weighted by Crippen LogP contribution is -2.34. The Morgan fingerprint density at radius 1 is 0.929 bits per heavy atom. The summed E-state index contributed by atoms with van der Waals surface area (Å²) < 4.78 is 11.3. The van der Waals surface area contributed by atoms with Gasteiger partial charge in [0.1, 0.15) is 6.54 Å². The van der Waals surface area contributed by atoms with Gasteiger partial charge in [0.05, 0.1) is 25.0 Å². The maximum absolute atomic E-state index is 14.0. The Bertz CT molecular complexity index is 1540. The van der Waals surface area contributed by atoms with Gasteiger partial charge in [0, 0.05) is 5.92 Å². The van der Waals surface area contributed by atoms with Crippen molar-refractivity contribution in [2.75, 3.05) is 13.2 Å². The first-order chi connectivity index (χ1) is 20.3. The highest BCUT2D eigenvalue weighted by atomic mass is 16.5. The number of nitrogens with zero attached hydrogens (tertiary/aromatic N) is 5. The van der Waals surface area contributed by atoms with Crippen LogP contribution in [0.5, 0.6) is 0 Å². The molecule has 0 N–H and O–H groups in total. The van der Waals surface area contributed by atoms with Crippen LogP contribution in [0.15, 0.2) is 59.2 Å². The van der Waals surface area contributed by atoms with Crippen LogP contribution in [0.4, 0.5) is 0 Å². The van der Waals surface area contributed by atoms with Gasteiger partial charge in [-0.15, -0.1) is 5.10 Å². The van der Waals surface area contributed by atoms with Crippen LogP contribution in [0.1, 0.15) is 82.4 Å². The third kappa shape index (κ3) is 5.88. The maximum atomic E-state index is 14.0. The Morgan fingerprint density at radius 3 is 2.24 bits per heavy atom. The van der Waals surface area contributed by atoms with Crippen molar-refractivity contribution in [3.05, 3.63) is 87.7 Å². The van der Waals surface area contributed by atoms with Gasteiger partial charge in [-0.05, 0) is 69.7 Å². The number of amides is 1. The summed E-state index contributed by atoms with van der Waals surface area (Å²) in [6, 6.07) is 16.1. The Balaban J connectivity index is 1.52. The lowest BCUT2D eigenvalue weighted by Gasteiger charge is -2.29. The van der Waals surface area contributed by atoms with Crippen molar-refractivity contribution in [3.63, 3.8) is 0 Å². The summed E-state index contributed by atoms with van der Waals surface area (Å²) in [7, 11) is 0. The molecule has 218 valence electrons. The molecule has 2 aromatic carbocycles. The molecule has 2 unspecified atom stereocenters. The second-order valence-corrected chi connectivity index (χ2v) is 10.5. The summed E-state index contributed by atoms with van der Waals surface area (Å²) >= 11 is 0. The van der Waals surface area contributed by atoms with Gasteiger partial charge in [-0.2, -0.15) is 5.10 Å². The van der Waals surface area contributed by atoms with E-state index in [1.807, 2.05) is 31.2 Å². The van der Waals surface area contributed by atoms with Crippen LogP contribution in [0.2, 0.25) is 0 Å². The summed E-state index contributed by atoms with van der Waals surface area (Å²) in [5.74, 6) is -1.99. The second-order valence-electron chi connectivity index (χ2n) is 10.5. The van der Waals surface area contributed by atoms with E-state index in [2.05, 4.69) is 47.6 Å². The first kappa shape index (κ1) is 28.9. The summed E-state index contributed by atoms with van der Waals surface area (Å²) in [5.41, 5.74) is 5.87. The number of carbonyl (C=O) groups excluding carboxylic acids is 3. The number of benzene rings is 2. The zero-order valence-electron chi connectivity index (χ0n) is 24.4. The molecule has 0 saturated heterocycles. The number of hydrogen-bond acceptors (Lipinski definition) is 8. The molecule has 1 aliphatic carbocycles. The van der Waals surface area contributed by atoms with Gasteiger partial charge in [0.25, 0.3) is 5.91 Å². The molecule has 0 spiro atoms. The van der Waals surface area contributed by atoms with Gasteiger partial charge < -0.3 is 9.47 Å². The molecule has 2 atom stereocenters. The zero-order chi connectivity index (χ0) is 29.8. The fraction of sp³-hybridized carbons (Fsp3) is 0.375.